The van der Waals surface area contributed by atoms with Gasteiger partial charge >= 0.3 is 5.51 Å². The molecule has 1 atom stereocenters. The maximum atomic E-state index is 12.2. The number of benzene rings is 2. The lowest BCUT2D eigenvalue weighted by atomic mass is 10.0. The molecule has 0 fully saturated rings. The number of hydrogen-bond donors (Lipinski definition) is 1. The Hall–Kier alpha value is -0.980. The van der Waals surface area contributed by atoms with E-state index in [1.54, 1.807) is 0 Å². The molecule has 0 heterocycles. The highest BCUT2D eigenvalue weighted by atomic mass is 79.9. The van der Waals surface area contributed by atoms with Gasteiger partial charge in [-0.25, -0.2) is 0 Å². The fraction of sp³-hybridized carbons (Fsp3) is 0.200. The predicted molar refractivity (Wildman–Crippen MR) is 81.2 cm³/mol. The summed E-state index contributed by atoms with van der Waals surface area (Å²) in [7, 11) is 0. The summed E-state index contributed by atoms with van der Waals surface area (Å²) < 4.78 is 37.6. The Labute approximate surface area is 133 Å². The van der Waals surface area contributed by atoms with Gasteiger partial charge in [-0.05, 0) is 41.1 Å². The van der Waals surface area contributed by atoms with E-state index in [0.717, 1.165) is 10.0 Å². The summed E-state index contributed by atoms with van der Waals surface area (Å²) in [5.41, 5.74) is -2.76. The van der Waals surface area contributed by atoms with Crippen LogP contribution in [0.25, 0.3) is 0 Å². The Kier molecular flexibility index (Phi) is 5.35. The molecule has 0 aliphatic heterocycles. The van der Waals surface area contributed by atoms with Crippen LogP contribution >= 0.6 is 27.7 Å². The monoisotopic (exact) mass is 376 g/mol. The lowest BCUT2D eigenvalue weighted by Gasteiger charge is -2.13. The summed E-state index contributed by atoms with van der Waals surface area (Å²) in [5.74, 6) is 0. The highest BCUT2D eigenvalue weighted by Gasteiger charge is 2.29. The van der Waals surface area contributed by atoms with Gasteiger partial charge in [0.15, 0.2) is 0 Å². The molecule has 0 radical (unpaired) electrons. The summed E-state index contributed by atoms with van der Waals surface area (Å²) in [6.07, 6.45) is -0.360. The van der Waals surface area contributed by atoms with E-state index in [4.69, 9.17) is 0 Å². The molecule has 1 N–H and O–H groups in total. The molecular weight excluding hydrogens is 365 g/mol. The van der Waals surface area contributed by atoms with Crippen LogP contribution in [0.1, 0.15) is 17.2 Å². The molecule has 6 heteroatoms. The van der Waals surface area contributed by atoms with Gasteiger partial charge in [-0.1, -0.05) is 46.3 Å². The standard InChI is InChI=1S/C15H12BrF3OS/c16-13-4-2-1-3-11(13)9-14(20)10-5-7-12(8-6-10)21-15(17,18)19/h1-8,14,20H,9H2. The van der Waals surface area contributed by atoms with Crippen LogP contribution in [0.4, 0.5) is 13.2 Å². The van der Waals surface area contributed by atoms with Gasteiger partial charge in [-0.3, -0.25) is 0 Å². The Morgan fingerprint density at radius 1 is 1.05 bits per heavy atom. The minimum Gasteiger partial charge on any atom is -0.388 e. The Bertz CT molecular complexity index is 599. The molecule has 0 aliphatic carbocycles. The van der Waals surface area contributed by atoms with E-state index in [1.807, 2.05) is 24.3 Å². The number of thioether (sulfide) groups is 1. The van der Waals surface area contributed by atoms with Crippen LogP contribution in [-0.2, 0) is 6.42 Å². The van der Waals surface area contributed by atoms with Gasteiger partial charge in [-0.15, -0.1) is 0 Å². The second-order valence-corrected chi connectivity index (χ2v) is 6.42. The van der Waals surface area contributed by atoms with Crippen molar-refractivity contribution < 1.29 is 18.3 Å². The molecule has 112 valence electrons. The van der Waals surface area contributed by atoms with Crippen LogP contribution < -0.4 is 0 Å². The van der Waals surface area contributed by atoms with Crippen LogP contribution in [0.5, 0.6) is 0 Å². The maximum Gasteiger partial charge on any atom is 0.446 e. The number of aliphatic hydroxyl groups is 1. The number of halogens is 4. The van der Waals surface area contributed by atoms with Crippen molar-refractivity contribution in [2.24, 2.45) is 0 Å². The highest BCUT2D eigenvalue weighted by Crippen LogP contribution is 2.37. The second kappa shape index (κ2) is 6.85. The Balaban J connectivity index is 2.06. The fourth-order valence-corrected chi connectivity index (χ4v) is 2.87. The molecule has 21 heavy (non-hydrogen) atoms. The average molecular weight is 377 g/mol. The Morgan fingerprint density at radius 3 is 2.24 bits per heavy atom. The van der Waals surface area contributed by atoms with Gasteiger partial charge in [-0.2, -0.15) is 13.2 Å². The van der Waals surface area contributed by atoms with Crippen molar-refractivity contribution in [1.82, 2.24) is 0 Å². The van der Waals surface area contributed by atoms with Crippen LogP contribution in [0.3, 0.4) is 0 Å². The molecule has 2 rings (SSSR count). The molecule has 2 aromatic rings. The van der Waals surface area contributed by atoms with Crippen molar-refractivity contribution in [3.63, 3.8) is 0 Å². The van der Waals surface area contributed by atoms with E-state index in [-0.39, 0.29) is 16.7 Å². The normalized spacial score (nSPS) is 13.2. The van der Waals surface area contributed by atoms with Crippen molar-refractivity contribution in [2.75, 3.05) is 0 Å². The number of hydrogen-bond acceptors (Lipinski definition) is 2. The number of rotatable bonds is 4. The molecule has 0 aliphatic rings. The first-order chi connectivity index (χ1) is 9.85. The van der Waals surface area contributed by atoms with E-state index < -0.39 is 11.6 Å². The zero-order chi connectivity index (χ0) is 15.5. The van der Waals surface area contributed by atoms with E-state index in [0.29, 0.717) is 12.0 Å². The second-order valence-electron chi connectivity index (χ2n) is 4.43. The molecule has 0 aromatic heterocycles. The van der Waals surface area contributed by atoms with Gasteiger partial charge in [0.2, 0.25) is 0 Å². The van der Waals surface area contributed by atoms with E-state index in [9.17, 15) is 18.3 Å². The zero-order valence-electron chi connectivity index (χ0n) is 10.8. The molecule has 1 nitrogen and oxygen atoms in total. The smallest absolute Gasteiger partial charge is 0.388 e. The Morgan fingerprint density at radius 2 is 1.67 bits per heavy atom. The van der Waals surface area contributed by atoms with Crippen molar-refractivity contribution in [2.45, 2.75) is 22.9 Å². The molecular formula is C15H12BrF3OS. The number of aliphatic hydroxyl groups excluding tert-OH is 1. The van der Waals surface area contributed by atoms with Crippen molar-refractivity contribution in [3.8, 4) is 0 Å². The molecule has 0 amide bonds. The molecule has 1 unspecified atom stereocenters. The third-order valence-electron chi connectivity index (χ3n) is 2.87. The summed E-state index contributed by atoms with van der Waals surface area (Å²) in [4.78, 5) is 0.111. The fourth-order valence-electron chi connectivity index (χ4n) is 1.88. The topological polar surface area (TPSA) is 20.2 Å². The third-order valence-corrected chi connectivity index (χ3v) is 4.38. The van der Waals surface area contributed by atoms with Crippen LogP contribution in [0.15, 0.2) is 57.9 Å². The summed E-state index contributed by atoms with van der Waals surface area (Å²) in [5, 5.41) is 10.2. The quantitative estimate of drug-likeness (QED) is 0.727. The lowest BCUT2D eigenvalue weighted by Crippen LogP contribution is -2.03. The molecule has 0 spiro atoms. The highest BCUT2D eigenvalue weighted by molar-refractivity contribution is 9.10. The first-order valence-corrected chi connectivity index (χ1v) is 7.73. The zero-order valence-corrected chi connectivity index (χ0v) is 13.2. The van der Waals surface area contributed by atoms with Gasteiger partial charge in [0.1, 0.15) is 0 Å². The first kappa shape index (κ1) is 16.4. The van der Waals surface area contributed by atoms with Crippen LogP contribution in [0, 0.1) is 0 Å². The van der Waals surface area contributed by atoms with E-state index >= 15 is 0 Å². The van der Waals surface area contributed by atoms with Crippen LogP contribution in [0.2, 0.25) is 0 Å². The molecule has 0 bridgehead atoms. The minimum atomic E-state index is -4.30. The minimum absolute atomic E-state index is 0.111. The first-order valence-electron chi connectivity index (χ1n) is 6.12. The van der Waals surface area contributed by atoms with E-state index in [1.165, 1.54) is 24.3 Å². The lowest BCUT2D eigenvalue weighted by molar-refractivity contribution is -0.0328. The SMILES string of the molecule is OC(Cc1ccccc1Br)c1ccc(SC(F)(F)F)cc1. The molecule has 0 saturated carbocycles. The predicted octanol–water partition coefficient (Wildman–Crippen LogP) is 5.34. The van der Waals surface area contributed by atoms with Crippen molar-refractivity contribution in [3.05, 3.63) is 64.1 Å². The third kappa shape index (κ3) is 5.05. The van der Waals surface area contributed by atoms with Gasteiger partial charge in [0.05, 0.1) is 6.10 Å². The van der Waals surface area contributed by atoms with E-state index in [2.05, 4.69) is 15.9 Å². The van der Waals surface area contributed by atoms with Crippen LogP contribution in [-0.4, -0.2) is 10.6 Å². The summed E-state index contributed by atoms with van der Waals surface area (Å²) in [6.45, 7) is 0. The summed E-state index contributed by atoms with van der Waals surface area (Å²) >= 11 is 3.24. The summed E-state index contributed by atoms with van der Waals surface area (Å²) in [6, 6.07) is 13.3. The maximum absolute atomic E-state index is 12.2. The van der Waals surface area contributed by atoms with Crippen molar-refractivity contribution >= 4 is 27.7 Å². The van der Waals surface area contributed by atoms with Gasteiger partial charge in [0.25, 0.3) is 0 Å². The molecule has 2 aromatic carbocycles. The average Bonchev–Trinajstić information content (AvgIpc) is 2.40. The largest absolute Gasteiger partial charge is 0.446 e. The van der Waals surface area contributed by atoms with Gasteiger partial charge in [0, 0.05) is 15.8 Å². The van der Waals surface area contributed by atoms with Crippen molar-refractivity contribution in [1.29, 1.82) is 0 Å². The van der Waals surface area contributed by atoms with Gasteiger partial charge < -0.3 is 5.11 Å². The molecule has 0 saturated heterocycles. The number of alkyl halides is 3.